The summed E-state index contributed by atoms with van der Waals surface area (Å²) in [4.78, 5) is 37.9. The highest BCUT2D eigenvalue weighted by Crippen LogP contribution is 2.18. The van der Waals surface area contributed by atoms with Crippen molar-refractivity contribution in [2.75, 3.05) is 13.2 Å². The first-order valence-electron chi connectivity index (χ1n) is 26.3. The third kappa shape index (κ3) is 45.8. The second kappa shape index (κ2) is 45.9. The van der Waals surface area contributed by atoms with E-state index in [9.17, 15) is 14.4 Å². The van der Waals surface area contributed by atoms with E-state index in [1.807, 2.05) is 0 Å². The van der Waals surface area contributed by atoms with Gasteiger partial charge in [0.05, 0.1) is 0 Å². The first-order chi connectivity index (χ1) is 28.8. The summed E-state index contributed by atoms with van der Waals surface area (Å²) in [7, 11) is 0. The average molecular weight is 835 g/mol. The lowest BCUT2D eigenvalue weighted by Crippen LogP contribution is -2.30. The molecular weight excluding hydrogens is 733 g/mol. The molecule has 0 radical (unpaired) electrons. The number of esters is 3. The molecule has 0 saturated heterocycles. The highest BCUT2D eigenvalue weighted by Gasteiger charge is 2.19. The smallest absolute Gasteiger partial charge is 0.306 e. The van der Waals surface area contributed by atoms with Gasteiger partial charge in [-0.05, 0) is 31.1 Å². The van der Waals surface area contributed by atoms with Crippen LogP contribution < -0.4 is 0 Å². The zero-order valence-corrected chi connectivity index (χ0v) is 40.4. The Labute approximate surface area is 368 Å². The van der Waals surface area contributed by atoms with Gasteiger partial charge in [0.25, 0.3) is 0 Å². The van der Waals surface area contributed by atoms with E-state index >= 15 is 0 Å². The number of ether oxygens (including phenoxy) is 3. The normalized spacial score (nSPS) is 12.5. The fourth-order valence-electron chi connectivity index (χ4n) is 7.96. The molecule has 2 atom stereocenters. The summed E-state index contributed by atoms with van der Waals surface area (Å²) in [5.41, 5.74) is 0. The molecule has 0 saturated carbocycles. The largest absolute Gasteiger partial charge is 0.462 e. The number of hydrogen-bond acceptors (Lipinski definition) is 6. The highest BCUT2D eigenvalue weighted by atomic mass is 16.6. The SMILES string of the molecule is CCCCCCCCCCCCCCCCCCCCC(=O)OC[C@H](COC(=O)CCCCCCCCCCC(C)CC)OC(=O)CCCCCCCCCCC(C)C. The van der Waals surface area contributed by atoms with Gasteiger partial charge in [0.1, 0.15) is 13.2 Å². The summed E-state index contributed by atoms with van der Waals surface area (Å²) >= 11 is 0. The van der Waals surface area contributed by atoms with Crippen LogP contribution in [0.4, 0.5) is 0 Å². The quantitative estimate of drug-likeness (QED) is 0.0345. The van der Waals surface area contributed by atoms with Crippen molar-refractivity contribution in [3.05, 3.63) is 0 Å². The van der Waals surface area contributed by atoms with Crippen LogP contribution in [0.25, 0.3) is 0 Å². The molecule has 0 bridgehead atoms. The van der Waals surface area contributed by atoms with Gasteiger partial charge in [-0.1, -0.05) is 253 Å². The Balaban J connectivity index is 4.26. The second-order valence-electron chi connectivity index (χ2n) is 18.9. The number of unbranched alkanes of at least 4 members (excludes halogenated alkanes) is 31. The van der Waals surface area contributed by atoms with Crippen molar-refractivity contribution in [3.8, 4) is 0 Å². The van der Waals surface area contributed by atoms with Crippen molar-refractivity contribution in [2.45, 2.75) is 298 Å². The molecule has 0 aliphatic carbocycles. The van der Waals surface area contributed by atoms with Crippen LogP contribution in [0, 0.1) is 11.8 Å². The van der Waals surface area contributed by atoms with Crippen molar-refractivity contribution in [1.82, 2.24) is 0 Å². The van der Waals surface area contributed by atoms with E-state index in [1.165, 1.54) is 180 Å². The van der Waals surface area contributed by atoms with Gasteiger partial charge in [0, 0.05) is 19.3 Å². The molecule has 0 aliphatic rings. The summed E-state index contributed by atoms with van der Waals surface area (Å²) in [6.07, 6.45) is 46.6. The van der Waals surface area contributed by atoms with Crippen molar-refractivity contribution < 1.29 is 28.6 Å². The zero-order valence-electron chi connectivity index (χ0n) is 40.4. The Morgan fingerprint density at radius 3 is 0.966 bits per heavy atom. The Morgan fingerprint density at radius 2 is 0.644 bits per heavy atom. The summed E-state index contributed by atoms with van der Waals surface area (Å²) in [6.45, 7) is 11.3. The molecule has 350 valence electrons. The van der Waals surface area contributed by atoms with E-state index in [0.29, 0.717) is 19.3 Å². The molecule has 0 rings (SSSR count). The molecule has 1 unspecified atom stereocenters. The van der Waals surface area contributed by atoms with E-state index in [-0.39, 0.29) is 31.1 Å². The number of rotatable bonds is 47. The van der Waals surface area contributed by atoms with Crippen LogP contribution in [0.2, 0.25) is 0 Å². The standard InChI is InChI=1S/C53H102O6/c1-6-8-9-10-11-12-13-14-15-16-17-18-19-20-21-28-33-38-43-51(54)57-46-50(59-53(56)45-40-35-30-24-22-26-31-36-41-48(3)4)47-58-52(55)44-39-34-29-25-23-27-32-37-42-49(5)7-2/h48-50H,6-47H2,1-5H3/t49?,50-/m1/s1. The van der Waals surface area contributed by atoms with E-state index in [4.69, 9.17) is 14.2 Å². The number of carbonyl (C=O) groups is 3. The zero-order chi connectivity index (χ0) is 43.3. The highest BCUT2D eigenvalue weighted by molar-refractivity contribution is 5.71. The Morgan fingerprint density at radius 1 is 0.356 bits per heavy atom. The molecule has 6 nitrogen and oxygen atoms in total. The molecule has 0 aliphatic heterocycles. The van der Waals surface area contributed by atoms with Gasteiger partial charge in [-0.3, -0.25) is 14.4 Å². The second-order valence-corrected chi connectivity index (χ2v) is 18.9. The maximum absolute atomic E-state index is 12.8. The van der Waals surface area contributed by atoms with Crippen molar-refractivity contribution in [1.29, 1.82) is 0 Å². The molecule has 0 aromatic carbocycles. The van der Waals surface area contributed by atoms with Gasteiger partial charge in [-0.15, -0.1) is 0 Å². The molecule has 59 heavy (non-hydrogen) atoms. The van der Waals surface area contributed by atoms with Gasteiger partial charge in [0.15, 0.2) is 6.10 Å². The molecular formula is C53H102O6. The number of carbonyl (C=O) groups excluding carboxylic acids is 3. The topological polar surface area (TPSA) is 78.9 Å². The maximum atomic E-state index is 12.8. The fraction of sp³-hybridized carbons (Fsp3) is 0.943. The summed E-state index contributed by atoms with van der Waals surface area (Å²) in [6, 6.07) is 0. The van der Waals surface area contributed by atoms with E-state index in [0.717, 1.165) is 69.6 Å². The third-order valence-corrected chi connectivity index (χ3v) is 12.3. The van der Waals surface area contributed by atoms with Gasteiger partial charge in [0.2, 0.25) is 0 Å². The summed E-state index contributed by atoms with van der Waals surface area (Å²) < 4.78 is 16.8. The third-order valence-electron chi connectivity index (χ3n) is 12.3. The predicted molar refractivity (Wildman–Crippen MR) is 252 cm³/mol. The van der Waals surface area contributed by atoms with Crippen LogP contribution in [-0.2, 0) is 28.6 Å². The van der Waals surface area contributed by atoms with Crippen LogP contribution in [0.1, 0.15) is 291 Å². The van der Waals surface area contributed by atoms with Crippen LogP contribution in [0.5, 0.6) is 0 Å². The molecule has 0 amide bonds. The van der Waals surface area contributed by atoms with Crippen molar-refractivity contribution in [2.24, 2.45) is 11.8 Å². The number of hydrogen-bond donors (Lipinski definition) is 0. The molecule has 0 fully saturated rings. The Hall–Kier alpha value is -1.59. The molecule has 0 spiro atoms. The van der Waals surface area contributed by atoms with E-state index in [1.54, 1.807) is 0 Å². The average Bonchev–Trinajstić information content (AvgIpc) is 3.22. The minimum Gasteiger partial charge on any atom is -0.462 e. The lowest BCUT2D eigenvalue weighted by atomic mass is 9.99. The van der Waals surface area contributed by atoms with Crippen molar-refractivity contribution in [3.63, 3.8) is 0 Å². The van der Waals surface area contributed by atoms with Crippen LogP contribution in [0.3, 0.4) is 0 Å². The fourth-order valence-corrected chi connectivity index (χ4v) is 7.96. The Bertz CT molecular complexity index is 902. The summed E-state index contributed by atoms with van der Waals surface area (Å²) in [5.74, 6) is 0.789. The van der Waals surface area contributed by atoms with E-state index < -0.39 is 6.10 Å². The minimum atomic E-state index is -0.762. The summed E-state index contributed by atoms with van der Waals surface area (Å²) in [5, 5.41) is 0. The molecule has 0 N–H and O–H groups in total. The van der Waals surface area contributed by atoms with Crippen molar-refractivity contribution >= 4 is 17.9 Å². The van der Waals surface area contributed by atoms with Crippen LogP contribution in [0.15, 0.2) is 0 Å². The maximum Gasteiger partial charge on any atom is 0.306 e. The monoisotopic (exact) mass is 835 g/mol. The molecule has 0 aromatic heterocycles. The van der Waals surface area contributed by atoms with Crippen LogP contribution in [-0.4, -0.2) is 37.2 Å². The van der Waals surface area contributed by atoms with E-state index in [2.05, 4.69) is 34.6 Å². The lowest BCUT2D eigenvalue weighted by Gasteiger charge is -2.18. The first kappa shape index (κ1) is 57.4. The molecule has 0 heterocycles. The predicted octanol–water partition coefficient (Wildman–Crippen LogP) is 16.9. The van der Waals surface area contributed by atoms with Gasteiger partial charge in [-0.25, -0.2) is 0 Å². The Kier molecular flexibility index (Phi) is 44.7. The van der Waals surface area contributed by atoms with Gasteiger partial charge < -0.3 is 14.2 Å². The first-order valence-corrected chi connectivity index (χ1v) is 26.3. The van der Waals surface area contributed by atoms with Gasteiger partial charge in [-0.2, -0.15) is 0 Å². The lowest BCUT2D eigenvalue weighted by molar-refractivity contribution is -0.167. The van der Waals surface area contributed by atoms with Gasteiger partial charge >= 0.3 is 17.9 Å². The molecule has 0 aromatic rings. The minimum absolute atomic E-state index is 0.0644. The van der Waals surface area contributed by atoms with Crippen LogP contribution >= 0.6 is 0 Å². The molecule has 6 heteroatoms.